The van der Waals surface area contributed by atoms with E-state index in [0.717, 1.165) is 10.6 Å². The van der Waals surface area contributed by atoms with Crippen molar-refractivity contribution >= 4 is 17.2 Å². The van der Waals surface area contributed by atoms with Crippen molar-refractivity contribution in [1.82, 2.24) is 10.0 Å². The Kier molecular flexibility index (Phi) is 2.51. The fourth-order valence-corrected chi connectivity index (χ4v) is 0.797. The van der Waals surface area contributed by atoms with E-state index in [1.54, 1.807) is 24.5 Å². The average molecular weight is 168 g/mol. The minimum absolute atomic E-state index is 0.373. The molecule has 0 bridgehead atoms. The molecular formula is C7H8N2OS. The smallest absolute Gasteiger partial charge is 0.134 e. The molecule has 0 aromatic carbocycles. The van der Waals surface area contributed by atoms with E-state index in [1.807, 2.05) is 0 Å². The number of aromatic nitrogens is 1. The highest BCUT2D eigenvalue weighted by molar-refractivity contribution is 7.80. The molecule has 0 aliphatic carbocycles. The molecule has 1 heterocycles. The first-order valence-electron chi connectivity index (χ1n) is 3.09. The second-order valence-electron chi connectivity index (χ2n) is 2.07. The van der Waals surface area contributed by atoms with Crippen LogP contribution in [0.2, 0.25) is 0 Å². The Hall–Kier alpha value is -1.00. The van der Waals surface area contributed by atoms with Crippen LogP contribution in [0.25, 0.3) is 0 Å². The summed E-state index contributed by atoms with van der Waals surface area (Å²) in [5, 5.41) is 9.83. The Morgan fingerprint density at radius 3 is 2.91 bits per heavy atom. The van der Waals surface area contributed by atoms with Gasteiger partial charge in [-0.1, -0.05) is 12.2 Å². The van der Waals surface area contributed by atoms with Gasteiger partial charge in [0.05, 0.1) is 0 Å². The molecule has 0 unspecified atom stereocenters. The summed E-state index contributed by atoms with van der Waals surface area (Å²) in [6.45, 7) is 0. The van der Waals surface area contributed by atoms with Crippen molar-refractivity contribution in [2.24, 2.45) is 0 Å². The summed E-state index contributed by atoms with van der Waals surface area (Å²) in [5.41, 5.74) is 0.743. The monoisotopic (exact) mass is 168 g/mol. The maximum Gasteiger partial charge on any atom is 0.134 e. The highest BCUT2D eigenvalue weighted by Gasteiger charge is 2.02. The van der Waals surface area contributed by atoms with Gasteiger partial charge in [-0.3, -0.25) is 10.2 Å². The van der Waals surface area contributed by atoms with Gasteiger partial charge >= 0.3 is 0 Å². The molecule has 1 N–H and O–H groups in total. The zero-order valence-corrected chi connectivity index (χ0v) is 6.88. The predicted molar refractivity (Wildman–Crippen MR) is 45.5 cm³/mol. The van der Waals surface area contributed by atoms with Crippen LogP contribution >= 0.6 is 12.2 Å². The summed E-state index contributed by atoms with van der Waals surface area (Å²) >= 11 is 4.88. The molecule has 1 aromatic rings. The SMILES string of the molecule is CN(O)C(=S)c1cccnc1. The second kappa shape index (κ2) is 3.41. The third-order valence-corrected chi connectivity index (χ3v) is 1.70. The molecule has 11 heavy (non-hydrogen) atoms. The first-order chi connectivity index (χ1) is 5.22. The molecule has 0 aliphatic heterocycles. The first-order valence-corrected chi connectivity index (χ1v) is 3.49. The van der Waals surface area contributed by atoms with Crippen molar-refractivity contribution in [3.8, 4) is 0 Å². The Labute approximate surface area is 70.2 Å². The molecule has 4 heteroatoms. The van der Waals surface area contributed by atoms with Crippen molar-refractivity contribution in [3.05, 3.63) is 30.1 Å². The van der Waals surface area contributed by atoms with Gasteiger partial charge in [-0.25, -0.2) is 5.06 Å². The number of hydrogen-bond donors (Lipinski definition) is 1. The molecule has 0 fully saturated rings. The number of pyridine rings is 1. The second-order valence-corrected chi connectivity index (χ2v) is 2.46. The largest absolute Gasteiger partial charge is 0.288 e. The molecule has 1 rings (SSSR count). The van der Waals surface area contributed by atoms with E-state index in [9.17, 15) is 0 Å². The molecule has 0 amide bonds. The Morgan fingerprint density at radius 1 is 1.73 bits per heavy atom. The third kappa shape index (κ3) is 1.96. The van der Waals surface area contributed by atoms with Crippen LogP contribution in [-0.4, -0.2) is 27.3 Å². The average Bonchev–Trinajstić information content (AvgIpc) is 2.05. The number of thiocarbonyl (C=S) groups is 1. The van der Waals surface area contributed by atoms with Gasteiger partial charge in [-0.05, 0) is 12.1 Å². The van der Waals surface area contributed by atoms with Crippen LogP contribution in [0.5, 0.6) is 0 Å². The molecular weight excluding hydrogens is 160 g/mol. The maximum absolute atomic E-state index is 8.94. The summed E-state index contributed by atoms with van der Waals surface area (Å²) < 4.78 is 0. The summed E-state index contributed by atoms with van der Waals surface area (Å²) in [6, 6.07) is 3.56. The molecule has 0 saturated carbocycles. The van der Waals surface area contributed by atoms with E-state index >= 15 is 0 Å². The zero-order chi connectivity index (χ0) is 8.27. The number of hydrogen-bond acceptors (Lipinski definition) is 3. The number of nitrogens with zero attached hydrogens (tertiary/aromatic N) is 2. The molecule has 0 atom stereocenters. The minimum Gasteiger partial charge on any atom is -0.288 e. The van der Waals surface area contributed by atoms with Gasteiger partial charge in [-0.2, -0.15) is 0 Å². The van der Waals surface area contributed by atoms with Gasteiger partial charge in [0, 0.05) is 25.0 Å². The lowest BCUT2D eigenvalue weighted by atomic mass is 10.3. The third-order valence-electron chi connectivity index (χ3n) is 1.20. The van der Waals surface area contributed by atoms with Crippen LogP contribution < -0.4 is 0 Å². The molecule has 0 spiro atoms. The number of hydroxylamine groups is 2. The van der Waals surface area contributed by atoms with Gasteiger partial charge in [0.1, 0.15) is 4.99 Å². The van der Waals surface area contributed by atoms with E-state index in [1.165, 1.54) is 7.05 Å². The first kappa shape index (κ1) is 8.10. The van der Waals surface area contributed by atoms with Crippen LogP contribution in [0.4, 0.5) is 0 Å². The van der Waals surface area contributed by atoms with Gasteiger partial charge in [0.2, 0.25) is 0 Å². The van der Waals surface area contributed by atoms with E-state index in [-0.39, 0.29) is 0 Å². The summed E-state index contributed by atoms with van der Waals surface area (Å²) in [5.74, 6) is 0. The van der Waals surface area contributed by atoms with Gasteiger partial charge < -0.3 is 0 Å². The predicted octanol–water partition coefficient (Wildman–Crippen LogP) is 1.08. The van der Waals surface area contributed by atoms with Crippen molar-refractivity contribution in [3.63, 3.8) is 0 Å². The Balaban J connectivity index is 2.86. The molecule has 1 aromatic heterocycles. The van der Waals surface area contributed by atoms with Crippen LogP contribution in [0.1, 0.15) is 5.56 Å². The molecule has 0 aliphatic rings. The molecule has 0 radical (unpaired) electrons. The van der Waals surface area contributed by atoms with Crippen molar-refractivity contribution in [2.75, 3.05) is 7.05 Å². The van der Waals surface area contributed by atoms with E-state index in [0.29, 0.717) is 4.99 Å². The van der Waals surface area contributed by atoms with Gasteiger partial charge in [0.25, 0.3) is 0 Å². The summed E-state index contributed by atoms with van der Waals surface area (Å²) in [6.07, 6.45) is 3.26. The topological polar surface area (TPSA) is 36.4 Å². The molecule has 58 valence electrons. The van der Waals surface area contributed by atoms with Crippen LogP contribution in [0.3, 0.4) is 0 Å². The lowest BCUT2D eigenvalue weighted by Gasteiger charge is -2.10. The number of rotatable bonds is 1. The van der Waals surface area contributed by atoms with E-state index in [2.05, 4.69) is 4.98 Å². The lowest BCUT2D eigenvalue weighted by Crippen LogP contribution is -2.21. The molecule has 0 saturated heterocycles. The normalized spacial score (nSPS) is 9.27. The minimum atomic E-state index is 0.373. The lowest BCUT2D eigenvalue weighted by molar-refractivity contribution is 0.0174. The fraction of sp³-hybridized carbons (Fsp3) is 0.143. The van der Waals surface area contributed by atoms with E-state index < -0.39 is 0 Å². The highest BCUT2D eigenvalue weighted by Crippen LogP contribution is 1.99. The Bertz CT molecular complexity index is 248. The quantitative estimate of drug-likeness (QED) is 0.503. The van der Waals surface area contributed by atoms with E-state index in [4.69, 9.17) is 17.4 Å². The zero-order valence-electron chi connectivity index (χ0n) is 6.06. The van der Waals surface area contributed by atoms with Gasteiger partial charge in [-0.15, -0.1) is 0 Å². The fourth-order valence-electron chi connectivity index (χ4n) is 0.676. The van der Waals surface area contributed by atoms with Crippen molar-refractivity contribution < 1.29 is 5.21 Å². The summed E-state index contributed by atoms with van der Waals surface area (Å²) in [4.78, 5) is 4.24. The van der Waals surface area contributed by atoms with Crippen LogP contribution in [0.15, 0.2) is 24.5 Å². The standard InChI is InChI=1S/C7H8N2OS/c1-9(10)7(11)6-3-2-4-8-5-6/h2-5,10H,1H3. The molecule has 3 nitrogen and oxygen atoms in total. The van der Waals surface area contributed by atoms with Crippen LogP contribution in [0, 0.1) is 0 Å². The van der Waals surface area contributed by atoms with Crippen molar-refractivity contribution in [1.29, 1.82) is 0 Å². The maximum atomic E-state index is 8.94. The summed E-state index contributed by atoms with van der Waals surface area (Å²) in [7, 11) is 1.48. The van der Waals surface area contributed by atoms with Gasteiger partial charge in [0.15, 0.2) is 0 Å². The highest BCUT2D eigenvalue weighted by atomic mass is 32.1. The Morgan fingerprint density at radius 2 is 2.45 bits per heavy atom. The van der Waals surface area contributed by atoms with Crippen molar-refractivity contribution in [2.45, 2.75) is 0 Å². The van der Waals surface area contributed by atoms with Crippen LogP contribution in [-0.2, 0) is 0 Å².